The van der Waals surface area contributed by atoms with Crippen molar-refractivity contribution in [2.45, 2.75) is 46.5 Å². The van der Waals surface area contributed by atoms with E-state index >= 15 is 0 Å². The molecule has 0 saturated carbocycles. The van der Waals surface area contributed by atoms with Gasteiger partial charge in [-0.2, -0.15) is 0 Å². The zero-order chi connectivity index (χ0) is 22.1. The molecule has 0 radical (unpaired) electrons. The molecule has 0 aliphatic heterocycles. The predicted molar refractivity (Wildman–Crippen MR) is 134 cm³/mol. The molecule has 0 aromatic heterocycles. The zero-order valence-electron chi connectivity index (χ0n) is 18.1. The van der Waals surface area contributed by atoms with Gasteiger partial charge in [-0.05, 0) is 85.6 Å². The third-order valence-electron chi connectivity index (χ3n) is 5.32. The zero-order valence-corrected chi connectivity index (χ0v) is 19.7. The predicted octanol–water partition coefficient (Wildman–Crippen LogP) is 8.38. The van der Waals surface area contributed by atoms with E-state index < -0.39 is 0 Å². The molecule has 0 heterocycles. The van der Waals surface area contributed by atoms with Crippen molar-refractivity contribution in [1.82, 2.24) is 0 Å². The quantitative estimate of drug-likeness (QED) is 0.464. The van der Waals surface area contributed by atoms with Crippen molar-refractivity contribution < 1.29 is 0 Å². The van der Waals surface area contributed by atoms with Crippen molar-refractivity contribution in [2.24, 2.45) is 5.73 Å². The molecular weight excluding hydrogens is 409 g/mol. The van der Waals surface area contributed by atoms with E-state index in [1.165, 1.54) is 28.7 Å². The van der Waals surface area contributed by atoms with Crippen LogP contribution < -0.4 is 5.73 Å². The first kappa shape index (κ1) is 24.1. The SMILES string of the molecule is C=C(N)/C(C)=C(\Cc1ccccc1)c1cc(Cl)ccc1C.CCC1=CC=C(Cl)CC1. The highest BCUT2D eigenvalue weighted by atomic mass is 35.5. The summed E-state index contributed by atoms with van der Waals surface area (Å²) < 4.78 is 0. The largest absolute Gasteiger partial charge is 0.399 e. The van der Waals surface area contributed by atoms with Gasteiger partial charge in [-0.15, -0.1) is 0 Å². The number of hydrogen-bond acceptors (Lipinski definition) is 1. The fraction of sp³-hybridized carbons (Fsp3) is 0.259. The number of hydrogen-bond donors (Lipinski definition) is 1. The van der Waals surface area contributed by atoms with Crippen LogP contribution in [0.25, 0.3) is 5.57 Å². The van der Waals surface area contributed by atoms with E-state index in [0.29, 0.717) is 5.70 Å². The van der Waals surface area contributed by atoms with Crippen molar-refractivity contribution in [2.75, 3.05) is 0 Å². The molecule has 3 heteroatoms. The molecule has 0 spiro atoms. The molecule has 0 unspecified atom stereocenters. The molecule has 1 aliphatic rings. The molecule has 1 nitrogen and oxygen atoms in total. The first-order valence-corrected chi connectivity index (χ1v) is 11.1. The lowest BCUT2D eigenvalue weighted by Gasteiger charge is -2.16. The Hall–Kier alpha value is -2.22. The number of allylic oxidation sites excluding steroid dienone is 6. The molecule has 2 aromatic rings. The van der Waals surface area contributed by atoms with Gasteiger partial charge < -0.3 is 5.73 Å². The molecule has 2 N–H and O–H groups in total. The van der Waals surface area contributed by atoms with Crippen molar-refractivity contribution in [3.63, 3.8) is 0 Å². The fourth-order valence-electron chi connectivity index (χ4n) is 3.29. The first-order valence-electron chi connectivity index (χ1n) is 10.3. The highest BCUT2D eigenvalue weighted by molar-refractivity contribution is 6.30. The average molecular weight is 440 g/mol. The standard InChI is InChI=1S/C19H20ClN.C8H11Cl/c1-13-9-10-17(20)12-18(13)19(14(2)15(3)21)11-16-7-5-4-6-8-16;1-2-7-3-5-8(9)6-4-7/h4-10,12H,3,11,21H2,1-2H3;3,5H,2,4,6H2,1H3/b19-14+;. The van der Waals surface area contributed by atoms with E-state index in [-0.39, 0.29) is 0 Å². The van der Waals surface area contributed by atoms with E-state index in [1.54, 1.807) is 0 Å². The Balaban J connectivity index is 0.000000297. The maximum absolute atomic E-state index is 6.17. The molecule has 1 aliphatic carbocycles. The number of benzene rings is 2. The molecule has 30 heavy (non-hydrogen) atoms. The Kier molecular flexibility index (Phi) is 9.49. The number of aryl methyl sites for hydroxylation is 1. The van der Waals surface area contributed by atoms with E-state index in [9.17, 15) is 0 Å². The summed E-state index contributed by atoms with van der Waals surface area (Å²) in [4.78, 5) is 0. The Morgan fingerprint density at radius 2 is 1.73 bits per heavy atom. The fourth-order valence-corrected chi connectivity index (χ4v) is 3.62. The van der Waals surface area contributed by atoms with E-state index in [4.69, 9.17) is 28.9 Å². The van der Waals surface area contributed by atoms with Crippen LogP contribution in [-0.2, 0) is 6.42 Å². The molecule has 3 rings (SSSR count). The third kappa shape index (κ3) is 7.23. The molecule has 0 saturated heterocycles. The van der Waals surface area contributed by atoms with Crippen LogP contribution in [0.5, 0.6) is 0 Å². The van der Waals surface area contributed by atoms with Gasteiger partial charge in [0, 0.05) is 15.8 Å². The summed E-state index contributed by atoms with van der Waals surface area (Å²) in [7, 11) is 0. The summed E-state index contributed by atoms with van der Waals surface area (Å²) in [5, 5.41) is 1.73. The maximum atomic E-state index is 6.17. The number of halogens is 2. The van der Waals surface area contributed by atoms with Gasteiger partial charge in [0.1, 0.15) is 0 Å². The molecule has 0 fully saturated rings. The minimum Gasteiger partial charge on any atom is -0.399 e. The van der Waals surface area contributed by atoms with E-state index in [2.05, 4.69) is 38.6 Å². The maximum Gasteiger partial charge on any atom is 0.0412 e. The van der Waals surface area contributed by atoms with Crippen molar-refractivity contribution in [3.8, 4) is 0 Å². The Morgan fingerprint density at radius 3 is 2.30 bits per heavy atom. The topological polar surface area (TPSA) is 26.0 Å². The minimum atomic E-state index is 0.598. The number of nitrogens with two attached hydrogens (primary N) is 1. The van der Waals surface area contributed by atoms with Crippen LogP contribution in [0.3, 0.4) is 0 Å². The third-order valence-corrected chi connectivity index (χ3v) is 5.87. The van der Waals surface area contributed by atoms with Gasteiger partial charge in [-0.1, -0.05) is 84.8 Å². The first-order chi connectivity index (χ1) is 14.3. The summed E-state index contributed by atoms with van der Waals surface area (Å²) in [6, 6.07) is 16.3. The van der Waals surface area contributed by atoms with Crippen LogP contribution in [0.15, 0.2) is 89.1 Å². The highest BCUT2D eigenvalue weighted by Crippen LogP contribution is 2.30. The van der Waals surface area contributed by atoms with Crippen molar-refractivity contribution in [1.29, 1.82) is 0 Å². The monoisotopic (exact) mass is 439 g/mol. The van der Waals surface area contributed by atoms with Crippen LogP contribution in [0, 0.1) is 6.92 Å². The second-order valence-electron chi connectivity index (χ2n) is 7.54. The number of rotatable bonds is 5. The Bertz CT molecular complexity index is 966. The minimum absolute atomic E-state index is 0.598. The van der Waals surface area contributed by atoms with Crippen molar-refractivity contribution in [3.05, 3.63) is 111 Å². The summed E-state index contributed by atoms with van der Waals surface area (Å²) in [6.45, 7) is 10.2. The summed E-state index contributed by atoms with van der Waals surface area (Å²) in [5.41, 5.74) is 13.8. The Labute approximate surface area is 191 Å². The normalized spacial score (nSPS) is 14.0. The average Bonchev–Trinajstić information content (AvgIpc) is 2.75. The van der Waals surface area contributed by atoms with Crippen LogP contribution >= 0.6 is 23.2 Å². The molecule has 0 atom stereocenters. The highest BCUT2D eigenvalue weighted by Gasteiger charge is 2.11. The lowest BCUT2D eigenvalue weighted by Crippen LogP contribution is -2.03. The lowest BCUT2D eigenvalue weighted by molar-refractivity contribution is 0.885. The van der Waals surface area contributed by atoms with Gasteiger partial charge in [0.15, 0.2) is 0 Å². The molecule has 158 valence electrons. The van der Waals surface area contributed by atoms with Gasteiger partial charge in [-0.25, -0.2) is 0 Å². The second kappa shape index (κ2) is 11.8. The molecule has 0 amide bonds. The van der Waals surface area contributed by atoms with Gasteiger partial charge >= 0.3 is 0 Å². The van der Waals surface area contributed by atoms with Crippen LogP contribution in [0.4, 0.5) is 0 Å². The summed E-state index contributed by atoms with van der Waals surface area (Å²) in [6.07, 6.45) is 8.31. The molecule has 2 aromatic carbocycles. The van der Waals surface area contributed by atoms with Crippen molar-refractivity contribution >= 4 is 28.8 Å². The molecular formula is C27H31Cl2N. The van der Waals surface area contributed by atoms with E-state index in [1.807, 2.05) is 49.4 Å². The van der Waals surface area contributed by atoms with Crippen LogP contribution in [-0.4, -0.2) is 0 Å². The van der Waals surface area contributed by atoms with Gasteiger partial charge in [0.05, 0.1) is 0 Å². The Morgan fingerprint density at radius 1 is 1.03 bits per heavy atom. The summed E-state index contributed by atoms with van der Waals surface area (Å²) in [5.74, 6) is 0. The lowest BCUT2D eigenvalue weighted by atomic mass is 9.90. The second-order valence-corrected chi connectivity index (χ2v) is 8.46. The molecule has 0 bridgehead atoms. The smallest absolute Gasteiger partial charge is 0.0412 e. The van der Waals surface area contributed by atoms with Crippen LogP contribution in [0.1, 0.15) is 49.8 Å². The van der Waals surface area contributed by atoms with Gasteiger partial charge in [0.25, 0.3) is 0 Å². The van der Waals surface area contributed by atoms with E-state index in [0.717, 1.165) is 40.5 Å². The van der Waals surface area contributed by atoms with Gasteiger partial charge in [-0.3, -0.25) is 0 Å². The summed E-state index contributed by atoms with van der Waals surface area (Å²) >= 11 is 11.9. The van der Waals surface area contributed by atoms with Gasteiger partial charge in [0.2, 0.25) is 0 Å². The van der Waals surface area contributed by atoms with Crippen LogP contribution in [0.2, 0.25) is 5.02 Å².